The van der Waals surface area contributed by atoms with Crippen LogP contribution in [0.15, 0.2) is 39.3 Å². The fourth-order valence-corrected chi connectivity index (χ4v) is 3.39. The van der Waals surface area contributed by atoms with E-state index in [0.717, 1.165) is 29.7 Å². The van der Waals surface area contributed by atoms with E-state index in [1.807, 2.05) is 0 Å². The van der Waals surface area contributed by atoms with E-state index >= 15 is 0 Å². The Morgan fingerprint density at radius 3 is 2.52 bits per heavy atom. The lowest BCUT2D eigenvalue weighted by molar-refractivity contribution is 0.580. The van der Waals surface area contributed by atoms with Gasteiger partial charge in [0.2, 0.25) is 10.0 Å². The molecular weight excluding hydrogens is 310 g/mol. The minimum Gasteiger partial charge on any atom is -0.330 e. The van der Waals surface area contributed by atoms with Crippen molar-refractivity contribution in [1.29, 1.82) is 0 Å². The first-order chi connectivity index (χ1) is 10.0. The van der Waals surface area contributed by atoms with Crippen molar-refractivity contribution in [3.8, 4) is 0 Å². The number of aromatic amines is 1. The summed E-state index contributed by atoms with van der Waals surface area (Å²) in [6.07, 6.45) is 1.70. The SMILES string of the molecule is NCCCc1ccc(S(=O)(=O)NCc2csc(=O)[nH]2)cc1. The number of hydrogen-bond acceptors (Lipinski definition) is 5. The van der Waals surface area contributed by atoms with Crippen LogP contribution in [0.4, 0.5) is 0 Å². The maximum absolute atomic E-state index is 12.1. The van der Waals surface area contributed by atoms with E-state index in [9.17, 15) is 13.2 Å². The summed E-state index contributed by atoms with van der Waals surface area (Å²) in [4.78, 5) is 13.5. The maximum atomic E-state index is 12.1. The Kier molecular flexibility index (Phi) is 5.29. The Labute approximate surface area is 127 Å². The van der Waals surface area contributed by atoms with Gasteiger partial charge >= 0.3 is 4.87 Å². The fourth-order valence-electron chi connectivity index (χ4n) is 1.80. The fraction of sp³-hybridized carbons (Fsp3) is 0.308. The van der Waals surface area contributed by atoms with Crippen molar-refractivity contribution in [2.24, 2.45) is 5.73 Å². The molecule has 8 heteroatoms. The predicted octanol–water partition coefficient (Wildman–Crippen LogP) is 0.806. The molecule has 0 aliphatic carbocycles. The normalized spacial score (nSPS) is 11.7. The first-order valence-corrected chi connectivity index (χ1v) is 8.83. The van der Waals surface area contributed by atoms with Crippen molar-refractivity contribution < 1.29 is 8.42 Å². The first-order valence-electron chi connectivity index (χ1n) is 6.46. The predicted molar refractivity (Wildman–Crippen MR) is 82.8 cm³/mol. The van der Waals surface area contributed by atoms with E-state index in [2.05, 4.69) is 9.71 Å². The highest BCUT2D eigenvalue weighted by molar-refractivity contribution is 7.89. The van der Waals surface area contributed by atoms with Gasteiger partial charge in [-0.1, -0.05) is 23.5 Å². The molecule has 0 aliphatic rings. The summed E-state index contributed by atoms with van der Waals surface area (Å²) < 4.78 is 26.7. The van der Waals surface area contributed by atoms with Crippen molar-refractivity contribution in [3.05, 3.63) is 50.6 Å². The molecule has 0 saturated carbocycles. The zero-order valence-corrected chi connectivity index (χ0v) is 13.0. The summed E-state index contributed by atoms with van der Waals surface area (Å²) in [5, 5.41) is 1.60. The number of nitrogens with two attached hydrogens (primary N) is 1. The summed E-state index contributed by atoms with van der Waals surface area (Å²) in [5.41, 5.74) is 7.05. The maximum Gasteiger partial charge on any atom is 0.304 e. The molecule has 0 aliphatic heterocycles. The molecule has 0 bridgehead atoms. The number of aromatic nitrogens is 1. The number of sulfonamides is 1. The molecule has 2 rings (SSSR count). The summed E-state index contributed by atoms with van der Waals surface area (Å²) in [5.74, 6) is 0. The number of rotatable bonds is 7. The molecule has 0 atom stereocenters. The Hall–Kier alpha value is -1.48. The van der Waals surface area contributed by atoms with Crippen LogP contribution in [-0.4, -0.2) is 19.9 Å². The average Bonchev–Trinajstić information content (AvgIpc) is 2.89. The minimum absolute atomic E-state index is 0.0655. The molecule has 0 fully saturated rings. The smallest absolute Gasteiger partial charge is 0.304 e. The third kappa shape index (κ3) is 4.50. The van der Waals surface area contributed by atoms with Crippen molar-refractivity contribution in [1.82, 2.24) is 9.71 Å². The van der Waals surface area contributed by atoms with E-state index in [-0.39, 0.29) is 16.3 Å². The Morgan fingerprint density at radius 2 is 1.95 bits per heavy atom. The van der Waals surface area contributed by atoms with Crippen LogP contribution in [0, 0.1) is 0 Å². The second kappa shape index (κ2) is 6.99. The van der Waals surface area contributed by atoms with Crippen LogP contribution in [0.5, 0.6) is 0 Å². The monoisotopic (exact) mass is 327 g/mol. The molecule has 6 nitrogen and oxygen atoms in total. The third-order valence-corrected chi connectivity index (χ3v) is 5.06. The second-order valence-electron chi connectivity index (χ2n) is 4.53. The van der Waals surface area contributed by atoms with Gasteiger partial charge in [0.05, 0.1) is 11.4 Å². The molecule has 1 aromatic carbocycles. The van der Waals surface area contributed by atoms with Gasteiger partial charge in [0, 0.05) is 11.1 Å². The summed E-state index contributed by atoms with van der Waals surface area (Å²) in [7, 11) is -3.58. The molecule has 4 N–H and O–H groups in total. The van der Waals surface area contributed by atoms with Gasteiger partial charge < -0.3 is 10.7 Å². The number of nitrogens with one attached hydrogen (secondary N) is 2. The van der Waals surface area contributed by atoms with Crippen LogP contribution in [0.1, 0.15) is 17.7 Å². The Bertz CT molecular complexity index is 733. The molecule has 0 spiro atoms. The molecule has 0 saturated heterocycles. The zero-order chi connectivity index (χ0) is 15.3. The first kappa shape index (κ1) is 15.9. The molecule has 0 amide bonds. The number of benzene rings is 1. The topological polar surface area (TPSA) is 105 Å². The molecule has 0 unspecified atom stereocenters. The molecule has 1 aromatic heterocycles. The van der Waals surface area contributed by atoms with Crippen molar-refractivity contribution in [2.75, 3.05) is 6.54 Å². The van der Waals surface area contributed by atoms with Crippen LogP contribution in [0.2, 0.25) is 0 Å². The summed E-state index contributed by atoms with van der Waals surface area (Å²) in [6, 6.07) is 6.72. The molecule has 114 valence electrons. The number of aryl methyl sites for hydroxylation is 1. The Balaban J connectivity index is 2.03. The van der Waals surface area contributed by atoms with Crippen molar-refractivity contribution in [3.63, 3.8) is 0 Å². The highest BCUT2D eigenvalue weighted by Crippen LogP contribution is 2.12. The van der Waals surface area contributed by atoms with Gasteiger partial charge in [-0.25, -0.2) is 13.1 Å². The molecule has 1 heterocycles. The van der Waals surface area contributed by atoms with E-state index < -0.39 is 10.0 Å². The number of hydrogen-bond donors (Lipinski definition) is 3. The highest BCUT2D eigenvalue weighted by Gasteiger charge is 2.13. The number of thiazole rings is 1. The zero-order valence-electron chi connectivity index (χ0n) is 11.3. The van der Waals surface area contributed by atoms with Crippen LogP contribution < -0.4 is 15.3 Å². The largest absolute Gasteiger partial charge is 0.330 e. The van der Waals surface area contributed by atoms with Crippen molar-refractivity contribution >= 4 is 21.4 Å². The summed E-state index contributed by atoms with van der Waals surface area (Å²) >= 11 is 1.00. The van der Waals surface area contributed by atoms with Crippen LogP contribution in [0.25, 0.3) is 0 Å². The quantitative estimate of drug-likeness (QED) is 0.699. The van der Waals surface area contributed by atoms with Crippen molar-refractivity contribution in [2.45, 2.75) is 24.3 Å². The van der Waals surface area contributed by atoms with Gasteiger partial charge in [-0.2, -0.15) is 0 Å². The second-order valence-corrected chi connectivity index (χ2v) is 7.14. The number of H-pyrrole nitrogens is 1. The van der Waals surface area contributed by atoms with Gasteiger partial charge in [-0.3, -0.25) is 4.79 Å². The van der Waals surface area contributed by atoms with Crippen LogP contribution >= 0.6 is 11.3 Å². The van der Waals surface area contributed by atoms with E-state index in [1.54, 1.807) is 29.6 Å². The molecule has 2 aromatic rings. The molecular formula is C13H17N3O3S2. The van der Waals surface area contributed by atoms with Gasteiger partial charge in [0.25, 0.3) is 0 Å². The lowest BCUT2D eigenvalue weighted by Crippen LogP contribution is -2.23. The molecule has 21 heavy (non-hydrogen) atoms. The van der Waals surface area contributed by atoms with Gasteiger partial charge in [0.1, 0.15) is 0 Å². The highest BCUT2D eigenvalue weighted by atomic mass is 32.2. The van der Waals surface area contributed by atoms with E-state index in [1.165, 1.54) is 0 Å². The standard InChI is InChI=1S/C13H17N3O3S2/c14-7-1-2-10-3-5-12(6-4-10)21(18,19)15-8-11-9-20-13(17)16-11/h3-6,9,15H,1-2,7-8,14H2,(H,16,17). The Morgan fingerprint density at radius 1 is 1.24 bits per heavy atom. The third-order valence-electron chi connectivity index (χ3n) is 2.93. The van der Waals surface area contributed by atoms with Gasteiger partial charge in [-0.05, 0) is 37.1 Å². The molecule has 0 radical (unpaired) electrons. The van der Waals surface area contributed by atoms with Gasteiger partial charge in [0.15, 0.2) is 0 Å². The minimum atomic E-state index is -3.58. The average molecular weight is 327 g/mol. The van der Waals surface area contributed by atoms with Crippen LogP contribution in [0.3, 0.4) is 0 Å². The van der Waals surface area contributed by atoms with E-state index in [0.29, 0.717) is 12.2 Å². The van der Waals surface area contributed by atoms with E-state index in [4.69, 9.17) is 5.73 Å². The lowest BCUT2D eigenvalue weighted by Gasteiger charge is -2.07. The summed E-state index contributed by atoms with van der Waals surface area (Å²) in [6.45, 7) is 0.677. The van der Waals surface area contributed by atoms with Crippen LogP contribution in [-0.2, 0) is 23.0 Å². The van der Waals surface area contributed by atoms with Gasteiger partial charge in [-0.15, -0.1) is 0 Å². The lowest BCUT2D eigenvalue weighted by atomic mass is 10.1.